The SMILES string of the molecule is CC[C@@]1(O)C(=O)OCc2c1cc1n(c2=O)Cc2c-1nc1cc(F)c(C)cc1c2/C=C/COCNC(=O)CNC(=O)[C@H](CCCCN(C)C)NC(=O)[C@@H](NC(=O)CCCCCn1cc(-c2cnc(=S)[nH]c2)nn1)C(C)C. The molecule has 0 bridgehead atoms. The smallest absolute Gasteiger partial charge is 0.343 e. The number of hydrogen-bond donors (Lipinski definition) is 6. The molecule has 3 atom stereocenters. The van der Waals surface area contributed by atoms with E-state index in [1.807, 2.05) is 39.0 Å². The summed E-state index contributed by atoms with van der Waals surface area (Å²) in [6.45, 7) is 7.52. The molecule has 23 heteroatoms. The molecular formula is C52H65FN12O9S. The van der Waals surface area contributed by atoms with Crippen molar-refractivity contribution in [3.63, 3.8) is 0 Å². The van der Waals surface area contributed by atoms with E-state index in [0.717, 1.165) is 31.4 Å². The third-order valence-corrected chi connectivity index (χ3v) is 13.6. The second-order valence-electron chi connectivity index (χ2n) is 19.4. The predicted octanol–water partition coefficient (Wildman–Crippen LogP) is 4.08. The number of rotatable bonds is 25. The summed E-state index contributed by atoms with van der Waals surface area (Å²) >= 11 is 5.00. The molecule has 75 heavy (non-hydrogen) atoms. The minimum Gasteiger partial charge on any atom is -0.458 e. The fourth-order valence-corrected chi connectivity index (χ4v) is 9.17. The van der Waals surface area contributed by atoms with Gasteiger partial charge in [-0.2, -0.15) is 0 Å². The number of aryl methyl sites for hydroxylation is 2. The number of aromatic nitrogens is 7. The topological polar surface area (TPSA) is 270 Å². The van der Waals surface area contributed by atoms with Gasteiger partial charge in [0.2, 0.25) is 23.6 Å². The first-order chi connectivity index (χ1) is 35.9. The second-order valence-corrected chi connectivity index (χ2v) is 19.8. The summed E-state index contributed by atoms with van der Waals surface area (Å²) in [6.07, 6.45) is 12.6. The van der Waals surface area contributed by atoms with Gasteiger partial charge in [0, 0.05) is 53.5 Å². The van der Waals surface area contributed by atoms with Gasteiger partial charge in [-0.25, -0.2) is 19.2 Å². The Hall–Kier alpha value is -7.08. The lowest BCUT2D eigenvalue weighted by Crippen LogP contribution is -2.56. The van der Waals surface area contributed by atoms with Crippen LogP contribution in [0.3, 0.4) is 0 Å². The lowest BCUT2D eigenvalue weighted by molar-refractivity contribution is -0.172. The Bertz CT molecular complexity index is 3080. The minimum atomic E-state index is -2.01. The van der Waals surface area contributed by atoms with Crippen LogP contribution in [0.2, 0.25) is 0 Å². The van der Waals surface area contributed by atoms with Crippen LogP contribution in [0.4, 0.5) is 4.39 Å². The van der Waals surface area contributed by atoms with Gasteiger partial charge in [0.25, 0.3) is 5.56 Å². The molecule has 0 saturated heterocycles. The van der Waals surface area contributed by atoms with E-state index in [9.17, 15) is 38.3 Å². The quantitative estimate of drug-likeness (QED) is 0.0204. The zero-order chi connectivity index (χ0) is 54.0. The van der Waals surface area contributed by atoms with Crippen molar-refractivity contribution in [3.8, 4) is 22.6 Å². The van der Waals surface area contributed by atoms with Crippen molar-refractivity contribution < 1.29 is 42.9 Å². The predicted molar refractivity (Wildman–Crippen MR) is 278 cm³/mol. The van der Waals surface area contributed by atoms with Gasteiger partial charge >= 0.3 is 5.97 Å². The summed E-state index contributed by atoms with van der Waals surface area (Å²) in [5, 5.41) is 31.2. The van der Waals surface area contributed by atoms with Gasteiger partial charge < -0.3 is 50.3 Å². The number of halogens is 1. The van der Waals surface area contributed by atoms with E-state index in [2.05, 4.69) is 41.5 Å². The number of carbonyl (C=O) groups excluding carboxylic acids is 5. The summed E-state index contributed by atoms with van der Waals surface area (Å²) in [5.74, 6) is -3.47. The van der Waals surface area contributed by atoms with E-state index in [1.54, 1.807) is 55.2 Å². The molecule has 0 saturated carbocycles. The van der Waals surface area contributed by atoms with Crippen LogP contribution in [0.25, 0.3) is 39.6 Å². The highest BCUT2D eigenvalue weighted by atomic mass is 32.1. The zero-order valence-corrected chi connectivity index (χ0v) is 43.9. The Morgan fingerprint density at radius 2 is 1.84 bits per heavy atom. The Morgan fingerprint density at radius 1 is 1.04 bits per heavy atom. The Morgan fingerprint density at radius 3 is 2.57 bits per heavy atom. The number of H-pyrrole nitrogens is 1. The van der Waals surface area contributed by atoms with Crippen LogP contribution in [0.15, 0.2) is 47.7 Å². The highest BCUT2D eigenvalue weighted by Crippen LogP contribution is 2.41. The monoisotopic (exact) mass is 1050 g/mol. The van der Waals surface area contributed by atoms with Gasteiger partial charge in [-0.15, -0.1) is 5.10 Å². The fraction of sp³-hybridized carbons (Fsp3) is 0.481. The third kappa shape index (κ3) is 13.4. The van der Waals surface area contributed by atoms with Crippen LogP contribution in [0, 0.1) is 23.4 Å². The van der Waals surface area contributed by atoms with Gasteiger partial charge in [-0.05, 0) is 107 Å². The zero-order valence-electron chi connectivity index (χ0n) is 43.1. The van der Waals surface area contributed by atoms with E-state index in [-0.39, 0.29) is 62.3 Å². The number of pyridine rings is 2. The van der Waals surface area contributed by atoms with Crippen molar-refractivity contribution >= 4 is 58.8 Å². The lowest BCUT2D eigenvalue weighted by Gasteiger charge is -2.31. The van der Waals surface area contributed by atoms with Crippen LogP contribution < -0.4 is 26.8 Å². The average molecular weight is 1050 g/mol. The number of carbonyl (C=O) groups is 5. The van der Waals surface area contributed by atoms with Crippen molar-refractivity contribution in [2.75, 3.05) is 40.5 Å². The van der Waals surface area contributed by atoms with Crippen molar-refractivity contribution in [2.24, 2.45) is 5.92 Å². The first-order valence-corrected chi connectivity index (χ1v) is 25.6. The van der Waals surface area contributed by atoms with Crippen LogP contribution in [-0.4, -0.2) is 127 Å². The normalized spacial score (nSPS) is 15.6. The molecule has 6 heterocycles. The van der Waals surface area contributed by atoms with Crippen molar-refractivity contribution in [2.45, 2.75) is 116 Å². The van der Waals surface area contributed by atoms with Gasteiger partial charge in [-0.3, -0.25) is 28.7 Å². The summed E-state index contributed by atoms with van der Waals surface area (Å²) in [4.78, 5) is 93.5. The first-order valence-electron chi connectivity index (χ1n) is 25.2. The van der Waals surface area contributed by atoms with Gasteiger partial charge in [-0.1, -0.05) is 44.6 Å². The summed E-state index contributed by atoms with van der Waals surface area (Å²) < 4.78 is 29.4. The summed E-state index contributed by atoms with van der Waals surface area (Å²) in [6, 6.07) is 2.72. The van der Waals surface area contributed by atoms with Gasteiger partial charge in [0.1, 0.15) is 36.9 Å². The number of benzene rings is 1. The third-order valence-electron chi connectivity index (χ3n) is 13.3. The Labute approximate surface area is 438 Å². The molecule has 0 spiro atoms. The first kappa shape index (κ1) is 55.7. The highest BCUT2D eigenvalue weighted by Gasteiger charge is 2.45. The Balaban J connectivity index is 0.899. The summed E-state index contributed by atoms with van der Waals surface area (Å²) in [5.41, 5.74) is 2.17. The molecule has 6 N–H and O–H groups in total. The second kappa shape index (κ2) is 25.0. The number of cyclic esters (lactones) is 1. The standard InChI is InChI=1S/C52H65FN12O9S/c1-7-52(72)37-21-42-46-35(26-65(42)49(70)36(37)28-74-50(52)71)33(34-20-31(4)38(53)22-40(34)58-46)14-13-19-73-29-57-44(67)25-54-47(68)39(15-10-12-17-63(5)6)59-48(69)45(30(2)3)60-43(66)16-9-8-11-18-64-27-41(61-62-64)32-23-55-51(75)56-24-32/h13-14,20-24,27,30,39,45,72H,7-12,15-19,25-26,28-29H2,1-6H3,(H,54,68)(H,57,67)(H,59,69)(H,60,66)(H,55,56,75)/b14-13+/t39-,45-,52-/m0/s1. The molecule has 0 aliphatic carbocycles. The highest BCUT2D eigenvalue weighted by molar-refractivity contribution is 7.71. The van der Waals surface area contributed by atoms with E-state index in [0.29, 0.717) is 75.3 Å². The number of amides is 4. The number of nitrogens with zero attached hydrogens (tertiary/aromatic N) is 7. The number of hydrogen-bond acceptors (Lipinski definition) is 15. The van der Waals surface area contributed by atoms with Gasteiger partial charge in [0.15, 0.2) is 10.4 Å². The molecule has 5 aromatic rings. The lowest BCUT2D eigenvalue weighted by atomic mass is 9.86. The molecule has 0 unspecified atom stereocenters. The number of aromatic amines is 1. The molecule has 0 fully saturated rings. The molecule has 1 aromatic carbocycles. The largest absolute Gasteiger partial charge is 0.458 e. The average Bonchev–Trinajstić information content (AvgIpc) is 4.06. The molecule has 4 aromatic heterocycles. The molecule has 7 rings (SSSR count). The van der Waals surface area contributed by atoms with Gasteiger partial charge in [0.05, 0.1) is 48.4 Å². The van der Waals surface area contributed by atoms with Crippen LogP contribution >= 0.6 is 12.2 Å². The number of esters is 1. The fourth-order valence-electron chi connectivity index (χ4n) is 9.05. The van der Waals surface area contributed by atoms with E-state index >= 15 is 0 Å². The minimum absolute atomic E-state index is 0.0162. The van der Waals surface area contributed by atoms with Crippen LogP contribution in [-0.2, 0) is 58.7 Å². The molecule has 400 valence electrons. The number of aliphatic hydroxyl groups is 1. The molecule has 2 aliphatic rings. The molecule has 0 radical (unpaired) electrons. The van der Waals surface area contributed by atoms with E-state index < -0.39 is 59.3 Å². The number of fused-ring (bicyclic) bond motifs is 5. The van der Waals surface area contributed by atoms with Crippen molar-refractivity contribution in [1.29, 1.82) is 0 Å². The van der Waals surface area contributed by atoms with Crippen molar-refractivity contribution in [3.05, 3.63) is 91.6 Å². The van der Waals surface area contributed by atoms with E-state index in [4.69, 9.17) is 26.7 Å². The Kier molecular flexibility index (Phi) is 18.5. The molecule has 21 nitrogen and oxygen atoms in total. The van der Waals surface area contributed by atoms with Crippen LogP contribution in [0.1, 0.15) is 100.0 Å². The molecule has 4 amide bonds. The maximum Gasteiger partial charge on any atom is 0.343 e. The number of nitrogens with one attached hydrogen (secondary N) is 5. The maximum absolute atomic E-state index is 14.9. The molecular weight excluding hydrogens is 988 g/mol. The molecule has 2 aliphatic heterocycles. The number of unbranched alkanes of at least 4 members (excludes halogenated alkanes) is 3. The van der Waals surface area contributed by atoms with E-state index in [1.165, 1.54) is 10.6 Å². The van der Waals surface area contributed by atoms with Crippen LogP contribution in [0.5, 0.6) is 0 Å². The van der Waals surface area contributed by atoms with Crippen molar-refractivity contribution in [1.82, 2.24) is 60.7 Å². The summed E-state index contributed by atoms with van der Waals surface area (Å²) in [7, 11) is 3.89. The maximum atomic E-state index is 14.9. The number of ether oxygens (including phenoxy) is 2.